The Balaban J connectivity index is 0.000000209. The van der Waals surface area contributed by atoms with E-state index in [1.54, 1.807) is 3.57 Å². The van der Waals surface area contributed by atoms with Crippen molar-refractivity contribution in [1.29, 1.82) is 0 Å². The van der Waals surface area contributed by atoms with Crippen molar-refractivity contribution in [2.24, 2.45) is 0 Å². The van der Waals surface area contributed by atoms with Gasteiger partial charge in [-0.05, 0) is 0 Å². The van der Waals surface area contributed by atoms with E-state index in [2.05, 4.69) is 41.3 Å². The Morgan fingerprint density at radius 1 is 0.889 bits per heavy atom. The maximum absolute atomic E-state index is 9.75. The number of benzene rings is 1. The fourth-order valence-electron chi connectivity index (χ4n) is 1.52. The average molecular weight is 337 g/mol. The summed E-state index contributed by atoms with van der Waals surface area (Å²) in [6.45, 7) is 0. The topological polar surface area (TPSA) is 0 Å². The summed E-state index contributed by atoms with van der Waals surface area (Å²) < 4.78 is 42.0. The van der Waals surface area contributed by atoms with Crippen LogP contribution in [0, 0.1) is 0 Å². The summed E-state index contributed by atoms with van der Waals surface area (Å²) in [6, 6.07) is 13.1. The zero-order chi connectivity index (χ0) is 13.2. The van der Waals surface area contributed by atoms with Crippen LogP contribution in [0.1, 0.15) is 0 Å². The van der Waals surface area contributed by atoms with Gasteiger partial charge in [-0.25, -0.2) is 0 Å². The Hall–Kier alpha value is -0.906. The number of thiophene rings is 1. The molecule has 0 amide bonds. The van der Waals surface area contributed by atoms with Crippen molar-refractivity contribution in [2.75, 3.05) is 0 Å². The molecule has 7 heteroatoms. The molecule has 94 valence electrons. The molecule has 0 N–H and O–H groups in total. The molecule has 0 bridgehead atoms. The fraction of sp³-hybridized carbons (Fsp3) is 0. The summed E-state index contributed by atoms with van der Waals surface area (Å²) >= 11 is 2.51. The van der Waals surface area contributed by atoms with Gasteiger partial charge in [0.2, 0.25) is 0 Å². The molecular formula is C11H7BF4SSe. The molecule has 0 aliphatic rings. The van der Waals surface area contributed by atoms with Gasteiger partial charge in [-0.2, -0.15) is 0 Å². The molecular weight excluding hydrogens is 330 g/mol. The van der Waals surface area contributed by atoms with E-state index >= 15 is 0 Å². The van der Waals surface area contributed by atoms with Crippen molar-refractivity contribution in [1.82, 2.24) is 0 Å². The van der Waals surface area contributed by atoms with Crippen LogP contribution in [0.3, 0.4) is 0 Å². The summed E-state index contributed by atoms with van der Waals surface area (Å²) in [5, 5.41) is 2.89. The molecule has 0 aliphatic carbocycles. The molecule has 2 heterocycles. The average Bonchev–Trinajstić information content (AvgIpc) is 2.65. The predicted octanol–water partition coefficient (Wildman–Crippen LogP) is 4.69. The normalized spacial score (nSPS) is 11.3. The van der Waals surface area contributed by atoms with E-state index in [1.807, 2.05) is 11.3 Å². The van der Waals surface area contributed by atoms with Gasteiger partial charge in [0, 0.05) is 0 Å². The fourth-order valence-corrected chi connectivity index (χ4v) is 4.88. The number of halogens is 4. The molecule has 0 radical (unpaired) electrons. The van der Waals surface area contributed by atoms with Crippen molar-refractivity contribution >= 4 is 52.1 Å². The quantitative estimate of drug-likeness (QED) is 0.412. The van der Waals surface area contributed by atoms with E-state index in [-0.39, 0.29) is 0 Å². The van der Waals surface area contributed by atoms with Gasteiger partial charge < -0.3 is 17.3 Å². The predicted molar refractivity (Wildman–Crippen MR) is 70.9 cm³/mol. The number of fused-ring (bicyclic) bond motifs is 3. The Labute approximate surface area is 111 Å². The molecule has 0 saturated carbocycles. The first-order chi connectivity index (χ1) is 8.45. The molecule has 3 aromatic rings. The van der Waals surface area contributed by atoms with Crippen molar-refractivity contribution in [3.63, 3.8) is 0 Å². The molecule has 3 rings (SSSR count). The van der Waals surface area contributed by atoms with E-state index in [0.29, 0.717) is 14.5 Å². The van der Waals surface area contributed by atoms with Gasteiger partial charge >= 0.3 is 93.5 Å². The molecule has 0 nitrogen and oxygen atoms in total. The molecule has 2 aromatic heterocycles. The van der Waals surface area contributed by atoms with Crippen LogP contribution in [-0.4, -0.2) is 21.8 Å². The SMILES string of the molecule is F[B-](F)(F)F.c1ccc2c(c1)sc1[se+]cccc12. The Bertz CT molecular complexity index is 608. The summed E-state index contributed by atoms with van der Waals surface area (Å²) in [7, 11) is -6.00. The van der Waals surface area contributed by atoms with Crippen LogP contribution in [0.25, 0.3) is 19.0 Å². The molecule has 18 heavy (non-hydrogen) atoms. The van der Waals surface area contributed by atoms with E-state index in [1.165, 1.54) is 15.5 Å². The summed E-state index contributed by atoms with van der Waals surface area (Å²) in [6.07, 6.45) is 0. The van der Waals surface area contributed by atoms with Crippen molar-refractivity contribution in [3.05, 3.63) is 41.3 Å². The third-order valence-electron chi connectivity index (χ3n) is 2.12. The molecule has 0 atom stereocenters. The first-order valence-electron chi connectivity index (χ1n) is 5.00. The zero-order valence-corrected chi connectivity index (χ0v) is 11.5. The maximum atomic E-state index is 9.75. The number of rotatable bonds is 0. The van der Waals surface area contributed by atoms with Crippen LogP contribution >= 0.6 is 11.3 Å². The van der Waals surface area contributed by atoms with Crippen LogP contribution < -0.4 is 0 Å². The second-order valence-corrected chi connectivity index (χ2v) is 6.96. The zero-order valence-electron chi connectivity index (χ0n) is 8.95. The Kier molecular flexibility index (Phi) is 4.05. The Morgan fingerprint density at radius 2 is 1.50 bits per heavy atom. The number of hydrogen-bond acceptors (Lipinski definition) is 1. The molecule has 0 spiro atoms. The van der Waals surface area contributed by atoms with E-state index in [4.69, 9.17) is 0 Å². The van der Waals surface area contributed by atoms with Crippen LogP contribution in [0.5, 0.6) is 0 Å². The van der Waals surface area contributed by atoms with Gasteiger partial charge in [0.05, 0.1) is 0 Å². The minimum absolute atomic E-state index is 0.563. The van der Waals surface area contributed by atoms with Gasteiger partial charge in [-0.15, -0.1) is 0 Å². The molecule has 1 aromatic carbocycles. The standard InChI is InChI=1S/C11H7SSe.BF4/c1-2-6-10-8(4-1)9-5-3-7-13-11(9)12-10;2-1(3,4)5/h1-7H;/q+1;-1. The van der Waals surface area contributed by atoms with Crippen LogP contribution in [0.2, 0.25) is 0 Å². The van der Waals surface area contributed by atoms with E-state index in [0.717, 1.165) is 0 Å². The molecule has 0 aliphatic heterocycles. The first-order valence-corrected chi connectivity index (χ1v) is 7.67. The third kappa shape index (κ3) is 3.54. The van der Waals surface area contributed by atoms with Gasteiger partial charge in [-0.3, -0.25) is 0 Å². The Morgan fingerprint density at radius 3 is 2.22 bits per heavy atom. The van der Waals surface area contributed by atoms with Gasteiger partial charge in [0.1, 0.15) is 0 Å². The van der Waals surface area contributed by atoms with Gasteiger partial charge in [-0.1, -0.05) is 0 Å². The molecule has 0 fully saturated rings. The van der Waals surface area contributed by atoms with Gasteiger partial charge in [0.25, 0.3) is 0 Å². The summed E-state index contributed by atoms with van der Waals surface area (Å²) in [5.74, 6) is 0. The minimum atomic E-state index is -6.00. The molecule has 0 unspecified atom stereocenters. The van der Waals surface area contributed by atoms with Crippen LogP contribution in [-0.2, 0) is 0 Å². The second kappa shape index (κ2) is 5.39. The van der Waals surface area contributed by atoms with Crippen molar-refractivity contribution in [3.8, 4) is 0 Å². The van der Waals surface area contributed by atoms with Crippen LogP contribution in [0.4, 0.5) is 17.3 Å². The van der Waals surface area contributed by atoms with Crippen molar-refractivity contribution in [2.45, 2.75) is 0 Å². The monoisotopic (exact) mass is 338 g/mol. The summed E-state index contributed by atoms with van der Waals surface area (Å²) in [4.78, 5) is 2.28. The van der Waals surface area contributed by atoms with Crippen LogP contribution in [0.15, 0.2) is 41.3 Å². The van der Waals surface area contributed by atoms with Crippen molar-refractivity contribution < 1.29 is 17.3 Å². The third-order valence-corrected chi connectivity index (χ3v) is 5.65. The van der Waals surface area contributed by atoms with Gasteiger partial charge in [0.15, 0.2) is 0 Å². The summed E-state index contributed by atoms with van der Waals surface area (Å²) in [5.41, 5.74) is 0. The number of hydrogen-bond donors (Lipinski definition) is 0. The van der Waals surface area contributed by atoms with E-state index < -0.39 is 7.25 Å². The molecule has 0 saturated heterocycles. The first kappa shape index (κ1) is 13.5. The van der Waals surface area contributed by atoms with E-state index in [9.17, 15) is 17.3 Å². The second-order valence-electron chi connectivity index (χ2n) is 3.41.